The van der Waals surface area contributed by atoms with Gasteiger partial charge in [0.1, 0.15) is 5.82 Å². The van der Waals surface area contributed by atoms with Crippen LogP contribution in [0, 0.1) is 11.7 Å². The Labute approximate surface area is 165 Å². The summed E-state index contributed by atoms with van der Waals surface area (Å²) in [7, 11) is 0. The Morgan fingerprint density at radius 2 is 1.54 bits per heavy atom. The highest BCUT2D eigenvalue weighted by Gasteiger charge is 2.30. The second-order valence-corrected chi connectivity index (χ2v) is 6.73. The van der Waals surface area contributed by atoms with E-state index in [1.54, 1.807) is 36.4 Å². The fourth-order valence-corrected chi connectivity index (χ4v) is 3.41. The Bertz CT molecular complexity index is 908. The number of rotatable bonds is 9. The monoisotopic (exact) mass is 373 g/mol. The van der Waals surface area contributed by atoms with Crippen molar-refractivity contribution in [2.45, 2.75) is 19.0 Å². The highest BCUT2D eigenvalue weighted by molar-refractivity contribution is 5.98. The van der Waals surface area contributed by atoms with Crippen LogP contribution in [0.2, 0.25) is 0 Å². The van der Waals surface area contributed by atoms with Crippen molar-refractivity contribution >= 4 is 5.78 Å². The average Bonchev–Trinajstić information content (AvgIpc) is 2.75. The van der Waals surface area contributed by atoms with Gasteiger partial charge in [-0.25, -0.2) is 4.39 Å². The van der Waals surface area contributed by atoms with Gasteiger partial charge in [-0.2, -0.15) is 0 Å². The fraction of sp³-hybridized carbons (Fsp3) is 0.160. The summed E-state index contributed by atoms with van der Waals surface area (Å²) >= 11 is 0. The number of carbonyl (C=O) groups excluding carboxylic acids is 1. The first-order valence-corrected chi connectivity index (χ1v) is 9.42. The number of hydrogen-bond donors (Lipinski definition) is 1. The van der Waals surface area contributed by atoms with Crippen LogP contribution in [0.1, 0.15) is 33.9 Å². The van der Waals surface area contributed by atoms with Gasteiger partial charge >= 0.3 is 0 Å². The first-order valence-electron chi connectivity index (χ1n) is 9.42. The topological polar surface area (TPSA) is 29.1 Å². The van der Waals surface area contributed by atoms with Crippen LogP contribution in [-0.2, 0) is 6.54 Å². The van der Waals surface area contributed by atoms with Crippen molar-refractivity contribution in [3.05, 3.63) is 120 Å². The summed E-state index contributed by atoms with van der Waals surface area (Å²) in [6.07, 6.45) is 2.18. The molecule has 0 spiro atoms. The molecule has 2 nitrogen and oxygen atoms in total. The Hall–Kier alpha value is -3.04. The van der Waals surface area contributed by atoms with E-state index in [0.29, 0.717) is 24.1 Å². The molecule has 0 aliphatic carbocycles. The summed E-state index contributed by atoms with van der Waals surface area (Å²) in [6.45, 7) is 4.36. The van der Waals surface area contributed by atoms with Gasteiger partial charge in [0.2, 0.25) is 0 Å². The number of carbonyl (C=O) groups is 1. The third kappa shape index (κ3) is 4.81. The normalized spacial score (nSPS) is 12.9. The molecule has 142 valence electrons. The number of nitrogens with one attached hydrogen (secondary N) is 1. The van der Waals surface area contributed by atoms with Gasteiger partial charge in [-0.15, -0.1) is 6.58 Å². The smallest absolute Gasteiger partial charge is 0.168 e. The van der Waals surface area contributed by atoms with Crippen molar-refractivity contribution in [1.29, 1.82) is 0 Å². The molecular formula is C25H24FNO. The predicted molar refractivity (Wildman–Crippen MR) is 111 cm³/mol. The van der Waals surface area contributed by atoms with E-state index in [1.807, 2.05) is 48.5 Å². The van der Waals surface area contributed by atoms with Crippen LogP contribution < -0.4 is 5.32 Å². The molecule has 0 heterocycles. The van der Waals surface area contributed by atoms with Crippen molar-refractivity contribution < 1.29 is 9.18 Å². The summed E-state index contributed by atoms with van der Waals surface area (Å²) in [5.74, 6) is -0.794. The highest BCUT2D eigenvalue weighted by atomic mass is 19.1. The lowest BCUT2D eigenvalue weighted by molar-refractivity contribution is 0.0887. The first-order chi connectivity index (χ1) is 13.7. The summed E-state index contributed by atoms with van der Waals surface area (Å²) in [4.78, 5) is 13.3. The van der Waals surface area contributed by atoms with Crippen molar-refractivity contribution in [2.75, 3.05) is 0 Å². The minimum absolute atomic E-state index is 0.0192. The molecule has 1 N–H and O–H groups in total. The van der Waals surface area contributed by atoms with Gasteiger partial charge in [-0.3, -0.25) is 4.79 Å². The molecular weight excluding hydrogens is 349 g/mol. The van der Waals surface area contributed by atoms with E-state index in [9.17, 15) is 9.18 Å². The number of halogens is 1. The summed E-state index contributed by atoms with van der Waals surface area (Å²) in [5, 5.41) is 3.42. The molecule has 2 atom stereocenters. The van der Waals surface area contributed by atoms with Crippen LogP contribution in [0.5, 0.6) is 0 Å². The molecule has 3 rings (SSSR count). The zero-order valence-electron chi connectivity index (χ0n) is 15.7. The molecule has 0 aromatic heterocycles. The molecule has 0 aliphatic heterocycles. The second-order valence-electron chi connectivity index (χ2n) is 6.73. The first kappa shape index (κ1) is 19.7. The van der Waals surface area contributed by atoms with Crippen molar-refractivity contribution in [1.82, 2.24) is 5.32 Å². The number of ketones is 1. The molecule has 0 bridgehead atoms. The molecule has 3 heteroatoms. The van der Waals surface area contributed by atoms with Gasteiger partial charge in [0.15, 0.2) is 5.78 Å². The Balaban J connectivity index is 1.95. The van der Waals surface area contributed by atoms with Crippen molar-refractivity contribution in [2.24, 2.45) is 5.92 Å². The summed E-state index contributed by atoms with van der Waals surface area (Å²) in [5.41, 5.74) is 2.19. The lowest BCUT2D eigenvalue weighted by atomic mass is 9.84. The van der Waals surface area contributed by atoms with Gasteiger partial charge in [0, 0.05) is 29.6 Å². The minimum Gasteiger partial charge on any atom is -0.305 e. The lowest BCUT2D eigenvalue weighted by Crippen LogP contribution is -2.33. The van der Waals surface area contributed by atoms with E-state index in [2.05, 4.69) is 11.9 Å². The standard InChI is InChI=1S/C25H24FNO/c1-2-11-22(25(28)20-14-7-4-8-15-20)24(21-16-9-10-17-23(21)26)27-18-19-12-5-3-6-13-19/h2-10,12-17,22,24,27H,1,11,18H2/t22-,24-/m0/s1. The summed E-state index contributed by atoms with van der Waals surface area (Å²) < 4.78 is 14.7. The van der Waals surface area contributed by atoms with E-state index in [1.165, 1.54) is 6.07 Å². The maximum Gasteiger partial charge on any atom is 0.168 e. The van der Waals surface area contributed by atoms with Crippen molar-refractivity contribution in [3.8, 4) is 0 Å². The minimum atomic E-state index is -0.466. The quantitative estimate of drug-likeness (QED) is 0.383. The third-order valence-corrected chi connectivity index (χ3v) is 4.83. The Kier molecular flexibility index (Phi) is 6.88. The van der Waals surface area contributed by atoms with Gasteiger partial charge in [0.05, 0.1) is 0 Å². The van der Waals surface area contributed by atoms with Gasteiger partial charge in [-0.1, -0.05) is 84.9 Å². The Morgan fingerprint density at radius 3 is 2.18 bits per heavy atom. The van der Waals surface area contributed by atoms with E-state index in [0.717, 1.165) is 5.56 Å². The van der Waals surface area contributed by atoms with Crippen LogP contribution in [0.4, 0.5) is 4.39 Å². The van der Waals surface area contributed by atoms with E-state index in [-0.39, 0.29) is 11.6 Å². The molecule has 0 aliphatic rings. The van der Waals surface area contributed by atoms with Crippen molar-refractivity contribution in [3.63, 3.8) is 0 Å². The lowest BCUT2D eigenvalue weighted by Gasteiger charge is -2.27. The van der Waals surface area contributed by atoms with E-state index >= 15 is 0 Å². The zero-order chi connectivity index (χ0) is 19.8. The Morgan fingerprint density at radius 1 is 0.929 bits per heavy atom. The van der Waals surface area contributed by atoms with Gasteiger partial charge in [-0.05, 0) is 18.1 Å². The maximum absolute atomic E-state index is 14.7. The molecule has 3 aromatic rings. The molecule has 0 saturated heterocycles. The van der Waals surface area contributed by atoms with Crippen LogP contribution in [0.15, 0.2) is 97.6 Å². The SMILES string of the molecule is C=CC[C@H](C(=O)c1ccccc1)[C@@H](NCc1ccccc1)c1ccccc1F. The predicted octanol–water partition coefficient (Wildman–Crippen LogP) is 5.73. The number of benzene rings is 3. The van der Waals surface area contributed by atoms with Gasteiger partial charge < -0.3 is 5.32 Å². The molecule has 0 saturated carbocycles. The molecule has 3 aromatic carbocycles. The average molecular weight is 373 g/mol. The number of Topliss-reactive ketones (excluding diaryl/α,β-unsaturated/α-hetero) is 1. The van der Waals surface area contributed by atoms with Crippen LogP contribution in [0.25, 0.3) is 0 Å². The molecule has 28 heavy (non-hydrogen) atoms. The molecule has 0 radical (unpaired) electrons. The summed E-state index contributed by atoms with van der Waals surface area (Å²) in [6, 6.07) is 25.2. The second kappa shape index (κ2) is 9.77. The molecule has 0 amide bonds. The number of allylic oxidation sites excluding steroid dienone is 1. The molecule has 0 unspecified atom stereocenters. The van der Waals surface area contributed by atoms with Crippen LogP contribution in [0.3, 0.4) is 0 Å². The highest BCUT2D eigenvalue weighted by Crippen LogP contribution is 2.30. The van der Waals surface area contributed by atoms with E-state index < -0.39 is 12.0 Å². The zero-order valence-corrected chi connectivity index (χ0v) is 15.7. The molecule has 0 fully saturated rings. The van der Waals surface area contributed by atoms with Crippen LogP contribution in [-0.4, -0.2) is 5.78 Å². The largest absolute Gasteiger partial charge is 0.305 e. The van der Waals surface area contributed by atoms with E-state index in [4.69, 9.17) is 0 Å². The maximum atomic E-state index is 14.7. The van der Waals surface area contributed by atoms with Gasteiger partial charge in [0.25, 0.3) is 0 Å². The number of hydrogen-bond acceptors (Lipinski definition) is 2. The fourth-order valence-electron chi connectivity index (χ4n) is 3.41. The third-order valence-electron chi connectivity index (χ3n) is 4.83. The van der Waals surface area contributed by atoms with Crippen LogP contribution >= 0.6 is 0 Å².